The number of esters is 1. The molecule has 0 amide bonds. The van der Waals surface area contributed by atoms with E-state index in [1.165, 1.54) is 0 Å². The first-order valence-corrected chi connectivity index (χ1v) is 5.88. The van der Waals surface area contributed by atoms with Crippen LogP contribution in [0.15, 0.2) is 0 Å². The molecule has 0 saturated carbocycles. The van der Waals surface area contributed by atoms with E-state index in [4.69, 9.17) is 14.2 Å². The number of ether oxygens (including phenoxy) is 3. The second-order valence-electron chi connectivity index (χ2n) is 5.25. The molecule has 100 valence electrons. The maximum atomic E-state index is 11.7. The molecular weight excluding hydrogens is 224 g/mol. The fourth-order valence-corrected chi connectivity index (χ4v) is 1.77. The van der Waals surface area contributed by atoms with Crippen molar-refractivity contribution >= 4 is 5.97 Å². The minimum Gasteiger partial charge on any atom is -0.466 e. The monoisotopic (exact) mass is 246 g/mol. The van der Waals surface area contributed by atoms with Crippen LogP contribution in [0.2, 0.25) is 0 Å². The van der Waals surface area contributed by atoms with Gasteiger partial charge in [0.1, 0.15) is 6.10 Å². The van der Waals surface area contributed by atoms with Gasteiger partial charge in [0.15, 0.2) is 5.79 Å². The van der Waals surface area contributed by atoms with Gasteiger partial charge in [0.05, 0.1) is 24.7 Å². The minimum atomic E-state index is -1.01. The molecule has 0 aromatic heterocycles. The molecule has 1 fully saturated rings. The van der Waals surface area contributed by atoms with Crippen LogP contribution in [-0.4, -0.2) is 42.3 Å². The maximum Gasteiger partial charge on any atom is 0.314 e. The van der Waals surface area contributed by atoms with E-state index in [0.29, 0.717) is 6.61 Å². The van der Waals surface area contributed by atoms with E-state index in [1.807, 2.05) is 0 Å². The molecule has 1 rings (SSSR count). The van der Waals surface area contributed by atoms with E-state index in [9.17, 15) is 9.90 Å². The zero-order valence-electron chi connectivity index (χ0n) is 11.1. The summed E-state index contributed by atoms with van der Waals surface area (Å²) in [6.07, 6.45) is -1.47. The van der Waals surface area contributed by atoms with E-state index < -0.39 is 29.4 Å². The fourth-order valence-electron chi connectivity index (χ4n) is 1.77. The summed E-state index contributed by atoms with van der Waals surface area (Å²) < 4.78 is 15.9. The normalized spacial score (nSPS) is 25.6. The molecule has 2 atom stereocenters. The standard InChI is InChI=1S/C12H22O5/c1-6-15-10(14)11(2,3)9(13)8-7-16-12(4,5)17-8/h8-9,13H,6-7H2,1-5H3/t8-,9+/m1/s1. The van der Waals surface area contributed by atoms with E-state index in [0.717, 1.165) is 0 Å². The van der Waals surface area contributed by atoms with Crippen LogP contribution in [0.3, 0.4) is 0 Å². The Balaban J connectivity index is 2.69. The summed E-state index contributed by atoms with van der Waals surface area (Å²) in [5, 5.41) is 10.2. The van der Waals surface area contributed by atoms with Crippen molar-refractivity contribution in [2.45, 2.75) is 52.6 Å². The summed E-state index contributed by atoms with van der Waals surface area (Å²) in [6.45, 7) is 9.14. The first kappa shape index (κ1) is 14.4. The molecule has 1 heterocycles. The van der Waals surface area contributed by atoms with Crippen LogP contribution >= 0.6 is 0 Å². The zero-order chi connectivity index (χ0) is 13.3. The molecule has 0 bridgehead atoms. The molecule has 1 aliphatic heterocycles. The molecule has 0 aliphatic carbocycles. The molecule has 0 aromatic carbocycles. The Labute approximate surface area is 102 Å². The van der Waals surface area contributed by atoms with Crippen molar-refractivity contribution in [3.05, 3.63) is 0 Å². The highest BCUT2D eigenvalue weighted by molar-refractivity contribution is 5.76. The van der Waals surface area contributed by atoms with Crippen LogP contribution in [0.5, 0.6) is 0 Å². The lowest BCUT2D eigenvalue weighted by Gasteiger charge is -2.31. The second-order valence-corrected chi connectivity index (χ2v) is 5.25. The van der Waals surface area contributed by atoms with Crippen molar-refractivity contribution in [1.82, 2.24) is 0 Å². The molecule has 5 heteroatoms. The Kier molecular flexibility index (Phi) is 4.17. The average molecular weight is 246 g/mol. The average Bonchev–Trinajstić information content (AvgIpc) is 2.58. The summed E-state index contributed by atoms with van der Waals surface area (Å²) in [5.74, 6) is -1.14. The zero-order valence-corrected chi connectivity index (χ0v) is 11.1. The van der Waals surface area contributed by atoms with E-state index in [-0.39, 0.29) is 6.61 Å². The molecule has 0 spiro atoms. The van der Waals surface area contributed by atoms with Crippen LogP contribution < -0.4 is 0 Å². The number of aliphatic hydroxyl groups excluding tert-OH is 1. The SMILES string of the molecule is CCOC(=O)C(C)(C)[C@@H](O)[C@H]1COC(C)(C)O1. The number of hydrogen-bond donors (Lipinski definition) is 1. The summed E-state index contributed by atoms with van der Waals surface area (Å²) in [7, 11) is 0. The molecular formula is C12H22O5. The van der Waals surface area contributed by atoms with Crippen molar-refractivity contribution in [2.75, 3.05) is 13.2 Å². The molecule has 0 radical (unpaired) electrons. The maximum absolute atomic E-state index is 11.7. The van der Waals surface area contributed by atoms with Crippen molar-refractivity contribution < 1.29 is 24.1 Å². The predicted octanol–water partition coefficient (Wildman–Crippen LogP) is 1.09. The van der Waals surface area contributed by atoms with Crippen LogP contribution in [0.1, 0.15) is 34.6 Å². The molecule has 1 aliphatic rings. The van der Waals surface area contributed by atoms with Gasteiger partial charge >= 0.3 is 5.97 Å². The third-order valence-electron chi connectivity index (χ3n) is 2.92. The highest BCUT2D eigenvalue weighted by atomic mass is 16.7. The lowest BCUT2D eigenvalue weighted by atomic mass is 9.83. The van der Waals surface area contributed by atoms with Gasteiger partial charge in [-0.1, -0.05) is 0 Å². The summed E-state index contributed by atoms with van der Waals surface area (Å²) in [4.78, 5) is 11.7. The summed E-state index contributed by atoms with van der Waals surface area (Å²) in [5.41, 5.74) is -1.01. The lowest BCUT2D eigenvalue weighted by Crippen LogP contribution is -2.47. The third kappa shape index (κ3) is 3.18. The predicted molar refractivity (Wildman–Crippen MR) is 61.3 cm³/mol. The molecule has 0 aromatic rings. The number of hydrogen-bond acceptors (Lipinski definition) is 5. The Morgan fingerprint density at radius 2 is 2.18 bits per heavy atom. The Morgan fingerprint density at radius 1 is 1.59 bits per heavy atom. The van der Waals surface area contributed by atoms with Crippen LogP contribution in [0, 0.1) is 5.41 Å². The fraction of sp³-hybridized carbons (Fsp3) is 0.917. The van der Waals surface area contributed by atoms with Gasteiger partial charge < -0.3 is 19.3 Å². The number of carbonyl (C=O) groups is 1. The first-order chi connectivity index (χ1) is 7.70. The first-order valence-electron chi connectivity index (χ1n) is 5.88. The Hall–Kier alpha value is -0.650. The van der Waals surface area contributed by atoms with Gasteiger partial charge in [0.25, 0.3) is 0 Å². The van der Waals surface area contributed by atoms with Gasteiger partial charge in [-0.2, -0.15) is 0 Å². The Bertz CT molecular complexity index is 285. The van der Waals surface area contributed by atoms with Crippen LogP contribution in [0.4, 0.5) is 0 Å². The van der Waals surface area contributed by atoms with Crippen LogP contribution in [0.25, 0.3) is 0 Å². The van der Waals surface area contributed by atoms with E-state index in [2.05, 4.69) is 0 Å². The van der Waals surface area contributed by atoms with E-state index in [1.54, 1.807) is 34.6 Å². The minimum absolute atomic E-state index is 0.275. The number of aliphatic hydroxyl groups is 1. The largest absolute Gasteiger partial charge is 0.466 e. The van der Waals surface area contributed by atoms with Gasteiger partial charge in [-0.15, -0.1) is 0 Å². The Morgan fingerprint density at radius 3 is 2.59 bits per heavy atom. The van der Waals surface area contributed by atoms with E-state index >= 15 is 0 Å². The van der Waals surface area contributed by atoms with Gasteiger partial charge in [-0.05, 0) is 34.6 Å². The van der Waals surface area contributed by atoms with Crippen molar-refractivity contribution in [3.8, 4) is 0 Å². The van der Waals surface area contributed by atoms with Gasteiger partial charge in [-0.25, -0.2) is 0 Å². The third-order valence-corrected chi connectivity index (χ3v) is 2.92. The molecule has 5 nitrogen and oxygen atoms in total. The number of rotatable bonds is 4. The molecule has 1 N–H and O–H groups in total. The second kappa shape index (κ2) is 4.92. The molecule has 17 heavy (non-hydrogen) atoms. The van der Waals surface area contributed by atoms with Crippen molar-refractivity contribution in [3.63, 3.8) is 0 Å². The highest BCUT2D eigenvalue weighted by Crippen LogP contribution is 2.32. The quantitative estimate of drug-likeness (QED) is 0.752. The van der Waals surface area contributed by atoms with Crippen molar-refractivity contribution in [2.24, 2.45) is 5.41 Å². The summed E-state index contributed by atoms with van der Waals surface area (Å²) in [6, 6.07) is 0. The van der Waals surface area contributed by atoms with Gasteiger partial charge in [-0.3, -0.25) is 4.79 Å². The van der Waals surface area contributed by atoms with Crippen molar-refractivity contribution in [1.29, 1.82) is 0 Å². The van der Waals surface area contributed by atoms with Crippen LogP contribution in [-0.2, 0) is 19.0 Å². The highest BCUT2D eigenvalue weighted by Gasteiger charge is 2.47. The lowest BCUT2D eigenvalue weighted by molar-refractivity contribution is -0.178. The number of carbonyl (C=O) groups excluding carboxylic acids is 1. The summed E-state index contributed by atoms with van der Waals surface area (Å²) >= 11 is 0. The molecule has 1 saturated heterocycles. The molecule has 0 unspecified atom stereocenters. The van der Waals surface area contributed by atoms with Gasteiger partial charge in [0, 0.05) is 0 Å². The smallest absolute Gasteiger partial charge is 0.314 e. The topological polar surface area (TPSA) is 65.0 Å². The van der Waals surface area contributed by atoms with Gasteiger partial charge in [0.2, 0.25) is 0 Å².